The van der Waals surface area contributed by atoms with E-state index in [0.717, 1.165) is 6.54 Å². The molecule has 1 nitrogen and oxygen atoms in total. The summed E-state index contributed by atoms with van der Waals surface area (Å²) in [5.74, 6) is 0.532. The zero-order chi connectivity index (χ0) is 11.8. The highest BCUT2D eigenvalue weighted by molar-refractivity contribution is 7.10. The maximum absolute atomic E-state index is 2.45. The lowest BCUT2D eigenvalue weighted by atomic mass is 9.85. The molecule has 1 aliphatic heterocycles. The van der Waals surface area contributed by atoms with Gasteiger partial charge in [0.2, 0.25) is 0 Å². The first-order valence-electron chi connectivity index (χ1n) is 6.09. The average Bonchev–Trinajstić information content (AvgIpc) is 2.79. The Morgan fingerprint density at radius 2 is 1.94 bits per heavy atom. The Bertz CT molecular complexity index is 503. The Labute approximate surface area is 107 Å². The second kappa shape index (κ2) is 4.28. The molecule has 17 heavy (non-hydrogen) atoms. The van der Waals surface area contributed by atoms with Crippen molar-refractivity contribution < 1.29 is 0 Å². The molecule has 0 fully saturated rings. The monoisotopic (exact) mass is 243 g/mol. The van der Waals surface area contributed by atoms with Crippen LogP contribution in [0.3, 0.4) is 0 Å². The first kappa shape index (κ1) is 11.0. The summed E-state index contributed by atoms with van der Waals surface area (Å²) in [7, 11) is 2.22. The van der Waals surface area contributed by atoms with Gasteiger partial charge in [-0.2, -0.15) is 0 Å². The third kappa shape index (κ3) is 1.81. The van der Waals surface area contributed by atoms with E-state index in [1.54, 1.807) is 4.88 Å². The summed E-state index contributed by atoms with van der Waals surface area (Å²) in [4.78, 5) is 4.01. The molecule has 2 heteroatoms. The van der Waals surface area contributed by atoms with Gasteiger partial charge in [0, 0.05) is 23.4 Å². The van der Waals surface area contributed by atoms with Gasteiger partial charge in [0.15, 0.2) is 0 Å². The molecule has 0 spiro atoms. The molecule has 0 radical (unpaired) electrons. The van der Waals surface area contributed by atoms with Crippen LogP contribution >= 0.6 is 11.3 Å². The standard InChI is InChI=1S/C15H17NS/c1-11-14(12-6-4-3-5-7-12)15-13(8-9-17-15)10-16(11)2/h3-9,11,14H,10H2,1-2H3/t11-,14+/m1/s1. The van der Waals surface area contributed by atoms with E-state index in [-0.39, 0.29) is 0 Å². The zero-order valence-corrected chi connectivity index (χ0v) is 11.1. The first-order valence-corrected chi connectivity index (χ1v) is 6.97. The van der Waals surface area contributed by atoms with Crippen LogP contribution in [0.2, 0.25) is 0 Å². The summed E-state index contributed by atoms with van der Waals surface area (Å²) in [5.41, 5.74) is 2.94. The summed E-state index contributed by atoms with van der Waals surface area (Å²) >= 11 is 1.91. The van der Waals surface area contributed by atoms with Crippen molar-refractivity contribution in [1.82, 2.24) is 4.90 Å². The van der Waals surface area contributed by atoms with Crippen molar-refractivity contribution in [2.75, 3.05) is 7.05 Å². The highest BCUT2D eigenvalue weighted by atomic mass is 32.1. The number of likely N-dealkylation sites (N-methyl/N-ethyl adjacent to an activating group) is 1. The number of rotatable bonds is 1. The van der Waals surface area contributed by atoms with Gasteiger partial charge in [-0.1, -0.05) is 30.3 Å². The minimum atomic E-state index is 0.532. The van der Waals surface area contributed by atoms with Crippen LogP contribution in [0, 0.1) is 0 Å². The topological polar surface area (TPSA) is 3.24 Å². The van der Waals surface area contributed by atoms with E-state index < -0.39 is 0 Å². The number of hydrogen-bond donors (Lipinski definition) is 0. The van der Waals surface area contributed by atoms with Crippen molar-refractivity contribution in [3.05, 3.63) is 57.8 Å². The van der Waals surface area contributed by atoms with Gasteiger partial charge in [0.05, 0.1) is 0 Å². The lowest BCUT2D eigenvalue weighted by molar-refractivity contribution is 0.214. The summed E-state index contributed by atoms with van der Waals surface area (Å²) in [6.45, 7) is 3.42. The van der Waals surface area contributed by atoms with Gasteiger partial charge in [-0.3, -0.25) is 4.90 Å². The molecule has 2 aromatic rings. The Hall–Kier alpha value is -1.12. The molecule has 0 N–H and O–H groups in total. The van der Waals surface area contributed by atoms with Crippen LogP contribution < -0.4 is 0 Å². The predicted molar refractivity (Wildman–Crippen MR) is 73.5 cm³/mol. The Morgan fingerprint density at radius 1 is 1.18 bits per heavy atom. The summed E-state index contributed by atoms with van der Waals surface area (Å²) in [5, 5.41) is 2.23. The molecule has 2 heterocycles. The van der Waals surface area contributed by atoms with Gasteiger partial charge in [-0.15, -0.1) is 11.3 Å². The maximum atomic E-state index is 2.45. The Kier molecular flexibility index (Phi) is 2.77. The molecule has 1 aliphatic rings. The molecule has 2 atom stereocenters. The maximum Gasteiger partial charge on any atom is 0.0340 e. The molecule has 0 saturated heterocycles. The van der Waals surface area contributed by atoms with Gasteiger partial charge in [0.25, 0.3) is 0 Å². The smallest absolute Gasteiger partial charge is 0.0340 e. The molecular weight excluding hydrogens is 226 g/mol. The van der Waals surface area contributed by atoms with E-state index in [0.29, 0.717) is 12.0 Å². The number of fused-ring (bicyclic) bond motifs is 1. The summed E-state index contributed by atoms with van der Waals surface area (Å²) < 4.78 is 0. The second-order valence-electron chi connectivity index (χ2n) is 4.85. The summed E-state index contributed by atoms with van der Waals surface area (Å²) in [6, 6.07) is 13.7. The molecule has 0 amide bonds. The van der Waals surface area contributed by atoms with Crippen LogP contribution in [0.15, 0.2) is 41.8 Å². The van der Waals surface area contributed by atoms with E-state index in [9.17, 15) is 0 Å². The van der Waals surface area contributed by atoms with E-state index in [4.69, 9.17) is 0 Å². The fourth-order valence-corrected chi connectivity index (χ4v) is 3.87. The fourth-order valence-electron chi connectivity index (χ4n) is 2.73. The Balaban J connectivity index is 2.10. The number of nitrogens with zero attached hydrogens (tertiary/aromatic N) is 1. The molecule has 0 saturated carbocycles. The SMILES string of the molecule is C[C@@H]1[C@@H](c2ccccc2)c2sccc2CN1C. The van der Waals surface area contributed by atoms with E-state index in [1.165, 1.54) is 11.1 Å². The molecular formula is C15H17NS. The fraction of sp³-hybridized carbons (Fsp3) is 0.333. The predicted octanol–water partition coefficient (Wildman–Crippen LogP) is 3.71. The van der Waals surface area contributed by atoms with E-state index in [2.05, 4.69) is 60.6 Å². The third-order valence-electron chi connectivity index (χ3n) is 3.82. The van der Waals surface area contributed by atoms with Crippen molar-refractivity contribution in [2.45, 2.75) is 25.4 Å². The minimum Gasteiger partial charge on any atom is -0.298 e. The normalized spacial score (nSPS) is 24.6. The van der Waals surface area contributed by atoms with Gasteiger partial charge in [-0.25, -0.2) is 0 Å². The van der Waals surface area contributed by atoms with Gasteiger partial charge in [-0.05, 0) is 36.5 Å². The van der Waals surface area contributed by atoms with Crippen LogP contribution in [-0.4, -0.2) is 18.0 Å². The number of thiophene rings is 1. The van der Waals surface area contributed by atoms with Crippen LogP contribution in [-0.2, 0) is 6.54 Å². The molecule has 0 bridgehead atoms. The number of hydrogen-bond acceptors (Lipinski definition) is 2. The van der Waals surface area contributed by atoms with Crippen molar-refractivity contribution in [1.29, 1.82) is 0 Å². The van der Waals surface area contributed by atoms with Crippen LogP contribution in [0.4, 0.5) is 0 Å². The third-order valence-corrected chi connectivity index (χ3v) is 4.86. The molecule has 1 aromatic carbocycles. The summed E-state index contributed by atoms with van der Waals surface area (Å²) in [6.07, 6.45) is 0. The minimum absolute atomic E-state index is 0.532. The second-order valence-corrected chi connectivity index (χ2v) is 5.80. The molecule has 88 valence electrons. The van der Waals surface area contributed by atoms with Crippen LogP contribution in [0.1, 0.15) is 28.8 Å². The van der Waals surface area contributed by atoms with Gasteiger partial charge < -0.3 is 0 Å². The molecule has 3 rings (SSSR count). The molecule has 1 aromatic heterocycles. The van der Waals surface area contributed by atoms with Crippen LogP contribution in [0.25, 0.3) is 0 Å². The average molecular weight is 243 g/mol. The highest BCUT2D eigenvalue weighted by Gasteiger charge is 2.31. The number of benzene rings is 1. The highest BCUT2D eigenvalue weighted by Crippen LogP contribution is 2.40. The van der Waals surface area contributed by atoms with Crippen molar-refractivity contribution in [3.8, 4) is 0 Å². The van der Waals surface area contributed by atoms with Crippen molar-refractivity contribution in [3.63, 3.8) is 0 Å². The molecule has 0 aliphatic carbocycles. The van der Waals surface area contributed by atoms with Crippen molar-refractivity contribution in [2.24, 2.45) is 0 Å². The molecule has 0 unspecified atom stereocenters. The Morgan fingerprint density at radius 3 is 2.71 bits per heavy atom. The van der Waals surface area contributed by atoms with Crippen LogP contribution in [0.5, 0.6) is 0 Å². The quantitative estimate of drug-likeness (QED) is 0.738. The van der Waals surface area contributed by atoms with Gasteiger partial charge in [0.1, 0.15) is 0 Å². The first-order chi connectivity index (χ1) is 8.27. The lowest BCUT2D eigenvalue weighted by Crippen LogP contribution is -2.38. The van der Waals surface area contributed by atoms with Gasteiger partial charge >= 0.3 is 0 Å². The zero-order valence-electron chi connectivity index (χ0n) is 10.3. The van der Waals surface area contributed by atoms with E-state index >= 15 is 0 Å². The van der Waals surface area contributed by atoms with Crippen molar-refractivity contribution >= 4 is 11.3 Å². The lowest BCUT2D eigenvalue weighted by Gasteiger charge is -2.37. The largest absolute Gasteiger partial charge is 0.298 e. The van der Waals surface area contributed by atoms with E-state index in [1.807, 2.05) is 11.3 Å².